The van der Waals surface area contributed by atoms with Gasteiger partial charge in [0.15, 0.2) is 0 Å². The fourth-order valence-corrected chi connectivity index (χ4v) is 2.83. The van der Waals surface area contributed by atoms with E-state index in [1.165, 1.54) is 37.7 Å². The van der Waals surface area contributed by atoms with Gasteiger partial charge in [-0.3, -0.25) is 5.43 Å². The first-order valence-corrected chi connectivity index (χ1v) is 7.98. The third-order valence-corrected chi connectivity index (χ3v) is 4.23. The number of hydrogen-bond donors (Lipinski definition) is 2. The zero-order valence-electron chi connectivity index (χ0n) is 12.0. The van der Waals surface area contributed by atoms with Crippen LogP contribution in [0.25, 0.3) is 0 Å². The molecule has 0 spiro atoms. The van der Waals surface area contributed by atoms with Crippen LogP contribution in [0.2, 0.25) is 0 Å². The molecule has 2 rings (SSSR count). The first-order valence-electron chi connectivity index (χ1n) is 7.19. The average Bonchev–Trinajstić information content (AvgIpc) is 2.48. The van der Waals surface area contributed by atoms with Gasteiger partial charge in [0.05, 0.1) is 6.04 Å². The Morgan fingerprint density at radius 2 is 1.95 bits per heavy atom. The SMILES string of the molecule is CN(Cc1ccc(Br)cc1)C(=NC1CCCCC1)NN. The van der Waals surface area contributed by atoms with Gasteiger partial charge in [0.1, 0.15) is 0 Å². The van der Waals surface area contributed by atoms with Crippen molar-refractivity contribution in [1.82, 2.24) is 10.3 Å². The van der Waals surface area contributed by atoms with Crippen LogP contribution >= 0.6 is 15.9 Å². The van der Waals surface area contributed by atoms with Gasteiger partial charge in [-0.25, -0.2) is 10.8 Å². The normalized spacial score (nSPS) is 17.1. The number of nitrogens with two attached hydrogens (primary N) is 1. The predicted molar refractivity (Wildman–Crippen MR) is 87.2 cm³/mol. The van der Waals surface area contributed by atoms with Crippen molar-refractivity contribution in [1.29, 1.82) is 0 Å². The van der Waals surface area contributed by atoms with Crippen molar-refractivity contribution in [2.24, 2.45) is 10.8 Å². The molecule has 0 atom stereocenters. The molecule has 0 saturated heterocycles. The van der Waals surface area contributed by atoms with E-state index in [2.05, 4.69) is 50.5 Å². The molecule has 1 fully saturated rings. The lowest BCUT2D eigenvalue weighted by molar-refractivity contribution is 0.423. The lowest BCUT2D eigenvalue weighted by atomic mass is 9.96. The summed E-state index contributed by atoms with van der Waals surface area (Å²) in [6, 6.07) is 8.74. The number of benzene rings is 1. The smallest absolute Gasteiger partial charge is 0.208 e. The van der Waals surface area contributed by atoms with Crippen LogP contribution in [0.1, 0.15) is 37.7 Å². The summed E-state index contributed by atoms with van der Waals surface area (Å²) in [5, 5.41) is 0. The minimum Gasteiger partial charge on any atom is -0.341 e. The third kappa shape index (κ3) is 4.49. The van der Waals surface area contributed by atoms with E-state index in [0.717, 1.165) is 17.0 Å². The molecule has 20 heavy (non-hydrogen) atoms. The maximum absolute atomic E-state index is 5.64. The summed E-state index contributed by atoms with van der Waals surface area (Å²) in [6.07, 6.45) is 6.26. The summed E-state index contributed by atoms with van der Waals surface area (Å²) in [4.78, 5) is 6.83. The Labute approximate surface area is 129 Å². The predicted octanol–water partition coefficient (Wildman–Crippen LogP) is 3.03. The first kappa shape index (κ1) is 15.3. The van der Waals surface area contributed by atoms with E-state index in [-0.39, 0.29) is 0 Å². The van der Waals surface area contributed by atoms with Crippen LogP contribution in [0.4, 0.5) is 0 Å². The molecule has 1 aliphatic carbocycles. The Hall–Kier alpha value is -1.07. The fraction of sp³-hybridized carbons (Fsp3) is 0.533. The lowest BCUT2D eigenvalue weighted by Gasteiger charge is -2.24. The monoisotopic (exact) mass is 338 g/mol. The van der Waals surface area contributed by atoms with Crippen LogP contribution in [-0.2, 0) is 6.54 Å². The van der Waals surface area contributed by atoms with Crippen LogP contribution in [0, 0.1) is 0 Å². The van der Waals surface area contributed by atoms with Gasteiger partial charge >= 0.3 is 0 Å². The highest BCUT2D eigenvalue weighted by Crippen LogP contribution is 2.20. The molecule has 0 heterocycles. The molecule has 110 valence electrons. The van der Waals surface area contributed by atoms with Gasteiger partial charge in [-0.1, -0.05) is 47.3 Å². The van der Waals surface area contributed by atoms with E-state index < -0.39 is 0 Å². The lowest BCUT2D eigenvalue weighted by Crippen LogP contribution is -2.43. The summed E-state index contributed by atoms with van der Waals surface area (Å²) in [7, 11) is 2.02. The van der Waals surface area contributed by atoms with Crippen LogP contribution in [0.15, 0.2) is 33.7 Å². The molecule has 5 heteroatoms. The van der Waals surface area contributed by atoms with Gasteiger partial charge in [0.25, 0.3) is 0 Å². The number of nitrogens with zero attached hydrogens (tertiary/aromatic N) is 2. The topological polar surface area (TPSA) is 53.6 Å². The molecule has 1 saturated carbocycles. The summed E-state index contributed by atoms with van der Waals surface area (Å²) in [5.74, 6) is 6.42. The number of nitrogens with one attached hydrogen (secondary N) is 1. The van der Waals surface area contributed by atoms with Crippen molar-refractivity contribution >= 4 is 21.9 Å². The number of hydrogen-bond acceptors (Lipinski definition) is 2. The molecule has 0 radical (unpaired) electrons. The third-order valence-electron chi connectivity index (χ3n) is 3.70. The molecule has 0 amide bonds. The number of rotatable bonds is 3. The van der Waals surface area contributed by atoms with Crippen molar-refractivity contribution in [3.05, 3.63) is 34.3 Å². The van der Waals surface area contributed by atoms with E-state index >= 15 is 0 Å². The van der Waals surface area contributed by atoms with E-state index in [0.29, 0.717) is 6.04 Å². The van der Waals surface area contributed by atoms with Crippen LogP contribution in [0.3, 0.4) is 0 Å². The van der Waals surface area contributed by atoms with E-state index in [1.54, 1.807) is 0 Å². The molecule has 0 bridgehead atoms. The Morgan fingerprint density at radius 1 is 1.30 bits per heavy atom. The van der Waals surface area contributed by atoms with E-state index in [9.17, 15) is 0 Å². The maximum atomic E-state index is 5.64. The molecule has 1 aromatic rings. The van der Waals surface area contributed by atoms with Gasteiger partial charge in [-0.05, 0) is 30.5 Å². The summed E-state index contributed by atoms with van der Waals surface area (Å²) < 4.78 is 1.09. The maximum Gasteiger partial charge on any atom is 0.208 e. The van der Waals surface area contributed by atoms with Crippen molar-refractivity contribution in [3.8, 4) is 0 Å². The number of aliphatic imine (C=N–C) groups is 1. The highest BCUT2D eigenvalue weighted by atomic mass is 79.9. The van der Waals surface area contributed by atoms with E-state index in [4.69, 9.17) is 10.8 Å². The summed E-state index contributed by atoms with van der Waals surface area (Å²) in [5.41, 5.74) is 3.99. The van der Waals surface area contributed by atoms with Crippen LogP contribution < -0.4 is 11.3 Å². The zero-order valence-corrected chi connectivity index (χ0v) is 13.6. The number of hydrazine groups is 1. The second-order valence-electron chi connectivity index (χ2n) is 5.37. The van der Waals surface area contributed by atoms with Gasteiger partial charge < -0.3 is 4.90 Å². The van der Waals surface area contributed by atoms with Crippen molar-refractivity contribution in [2.45, 2.75) is 44.7 Å². The molecule has 0 unspecified atom stereocenters. The highest BCUT2D eigenvalue weighted by Gasteiger charge is 2.14. The standard InChI is InChI=1S/C15H23BrN4/c1-20(11-12-7-9-13(16)10-8-12)15(19-17)18-14-5-3-2-4-6-14/h7-10,14H,2-6,11,17H2,1H3,(H,18,19). The minimum absolute atomic E-state index is 0.419. The molecule has 1 aromatic carbocycles. The zero-order chi connectivity index (χ0) is 14.4. The van der Waals surface area contributed by atoms with Gasteiger partial charge in [-0.15, -0.1) is 0 Å². The minimum atomic E-state index is 0.419. The molecule has 0 aromatic heterocycles. The van der Waals surface area contributed by atoms with Crippen molar-refractivity contribution in [3.63, 3.8) is 0 Å². The highest BCUT2D eigenvalue weighted by molar-refractivity contribution is 9.10. The summed E-state index contributed by atoms with van der Waals surface area (Å²) in [6.45, 7) is 0.795. The first-order chi connectivity index (χ1) is 9.69. The van der Waals surface area contributed by atoms with E-state index in [1.807, 2.05) is 7.05 Å². The Kier molecular flexibility index (Phi) is 5.86. The van der Waals surface area contributed by atoms with Crippen LogP contribution in [-0.4, -0.2) is 23.9 Å². The molecular weight excluding hydrogens is 316 g/mol. The molecule has 3 N–H and O–H groups in total. The van der Waals surface area contributed by atoms with Gasteiger partial charge in [0.2, 0.25) is 5.96 Å². The number of halogens is 1. The second-order valence-corrected chi connectivity index (χ2v) is 6.29. The molecule has 4 nitrogen and oxygen atoms in total. The molecule has 1 aliphatic rings. The fourth-order valence-electron chi connectivity index (χ4n) is 2.57. The Bertz CT molecular complexity index is 438. The van der Waals surface area contributed by atoms with Gasteiger partial charge in [-0.2, -0.15) is 0 Å². The van der Waals surface area contributed by atoms with Crippen molar-refractivity contribution in [2.75, 3.05) is 7.05 Å². The largest absolute Gasteiger partial charge is 0.341 e. The van der Waals surface area contributed by atoms with Gasteiger partial charge in [0, 0.05) is 18.1 Å². The Morgan fingerprint density at radius 3 is 2.55 bits per heavy atom. The molecule has 0 aliphatic heterocycles. The van der Waals surface area contributed by atoms with Crippen LogP contribution in [0.5, 0.6) is 0 Å². The quantitative estimate of drug-likeness (QED) is 0.385. The summed E-state index contributed by atoms with van der Waals surface area (Å²) >= 11 is 3.45. The number of guanidine groups is 1. The van der Waals surface area contributed by atoms with Crippen molar-refractivity contribution < 1.29 is 0 Å². The second kappa shape index (κ2) is 7.64. The average molecular weight is 339 g/mol. The Balaban J connectivity index is 1.98. The molecular formula is C15H23BrN4.